The Morgan fingerprint density at radius 1 is 1.44 bits per heavy atom. The van der Waals surface area contributed by atoms with Crippen molar-refractivity contribution in [1.29, 1.82) is 0 Å². The van der Waals surface area contributed by atoms with Gasteiger partial charge in [0.05, 0.1) is 5.52 Å². The minimum atomic E-state index is 0.0437. The lowest BCUT2D eigenvalue weighted by molar-refractivity contribution is 0.537. The molecule has 4 heteroatoms. The maximum absolute atomic E-state index is 11.7. The number of hydrogen-bond acceptors (Lipinski definition) is 1. The van der Waals surface area contributed by atoms with E-state index in [2.05, 4.69) is 22.5 Å². The van der Waals surface area contributed by atoms with Crippen LogP contribution in [0, 0.1) is 0 Å². The van der Waals surface area contributed by atoms with Gasteiger partial charge in [-0.1, -0.05) is 6.08 Å². The van der Waals surface area contributed by atoms with Crippen molar-refractivity contribution in [1.82, 2.24) is 9.20 Å². The summed E-state index contributed by atoms with van der Waals surface area (Å²) in [5.74, 6) is 0. The van der Waals surface area contributed by atoms with Gasteiger partial charge >= 0.3 is 0 Å². The van der Waals surface area contributed by atoms with Crippen molar-refractivity contribution in [3.63, 3.8) is 0 Å². The fourth-order valence-corrected chi connectivity index (χ4v) is 2.04. The molecule has 2 rings (SSSR count). The third-order valence-electron chi connectivity index (χ3n) is 2.49. The second-order valence-corrected chi connectivity index (χ2v) is 4.57. The summed E-state index contributed by atoms with van der Waals surface area (Å²) in [5, 5.41) is 0. The number of allylic oxidation sites excluding steroid dienone is 1. The molecule has 0 aliphatic rings. The predicted octanol–water partition coefficient (Wildman–Crippen LogP) is 2.83. The molecule has 3 nitrogen and oxygen atoms in total. The van der Waals surface area contributed by atoms with Crippen molar-refractivity contribution in [3.8, 4) is 0 Å². The van der Waals surface area contributed by atoms with Gasteiger partial charge in [-0.2, -0.15) is 0 Å². The molecule has 0 aliphatic heterocycles. The number of pyridine rings is 1. The van der Waals surface area contributed by atoms with Crippen molar-refractivity contribution in [2.45, 2.75) is 19.4 Å². The van der Waals surface area contributed by atoms with Crippen molar-refractivity contribution in [2.24, 2.45) is 0 Å². The Morgan fingerprint density at radius 2 is 2.25 bits per heavy atom. The maximum atomic E-state index is 11.7. The summed E-state index contributed by atoms with van der Waals surface area (Å²) < 4.78 is 4.59. The van der Waals surface area contributed by atoms with Crippen LogP contribution in [-0.4, -0.2) is 9.20 Å². The molecule has 16 heavy (non-hydrogen) atoms. The Bertz CT molecular complexity index is 568. The second-order valence-electron chi connectivity index (χ2n) is 3.65. The lowest BCUT2D eigenvalue weighted by Gasteiger charge is -2.05. The Labute approximate surface area is 102 Å². The molecule has 0 atom stereocenters. The Kier molecular flexibility index (Phi) is 3.29. The zero-order chi connectivity index (χ0) is 11.5. The summed E-state index contributed by atoms with van der Waals surface area (Å²) in [6.45, 7) is 4.39. The second kappa shape index (κ2) is 4.70. The number of fused-ring (bicyclic) bond motifs is 1. The molecule has 0 amide bonds. The number of aryl methyl sites for hydroxylation is 1. The first-order valence-corrected chi connectivity index (χ1v) is 6.00. The van der Waals surface area contributed by atoms with Gasteiger partial charge in [0.2, 0.25) is 0 Å². The van der Waals surface area contributed by atoms with Crippen LogP contribution >= 0.6 is 15.9 Å². The van der Waals surface area contributed by atoms with Gasteiger partial charge in [0, 0.05) is 23.3 Å². The van der Waals surface area contributed by atoms with Crippen LogP contribution in [0.2, 0.25) is 0 Å². The summed E-state index contributed by atoms with van der Waals surface area (Å²) in [6.07, 6.45) is 5.64. The van der Waals surface area contributed by atoms with E-state index in [0.29, 0.717) is 0 Å². The van der Waals surface area contributed by atoms with Gasteiger partial charge in [-0.25, -0.2) is 4.68 Å². The molecule has 0 saturated heterocycles. The van der Waals surface area contributed by atoms with Gasteiger partial charge in [0.1, 0.15) is 0 Å². The highest BCUT2D eigenvalue weighted by atomic mass is 79.9. The zero-order valence-electron chi connectivity index (χ0n) is 8.90. The molecule has 2 heterocycles. The Hall–Kier alpha value is -1.29. The molecular formula is C12H13BrN2O. The van der Waals surface area contributed by atoms with E-state index in [1.165, 1.54) is 0 Å². The molecular weight excluding hydrogens is 268 g/mol. The van der Waals surface area contributed by atoms with Crippen molar-refractivity contribution in [2.75, 3.05) is 0 Å². The minimum Gasteiger partial charge on any atom is -0.268 e. The van der Waals surface area contributed by atoms with E-state index in [0.717, 1.165) is 29.4 Å². The average Bonchev–Trinajstić information content (AvgIpc) is 2.56. The van der Waals surface area contributed by atoms with Crippen LogP contribution in [0.4, 0.5) is 0 Å². The highest BCUT2D eigenvalue weighted by Gasteiger charge is 2.04. The fourth-order valence-electron chi connectivity index (χ4n) is 1.71. The molecule has 2 aromatic rings. The van der Waals surface area contributed by atoms with Crippen molar-refractivity contribution >= 4 is 21.4 Å². The van der Waals surface area contributed by atoms with Gasteiger partial charge < -0.3 is 0 Å². The molecule has 0 radical (unpaired) electrons. The normalized spacial score (nSPS) is 10.8. The number of hydrogen-bond donors (Lipinski definition) is 0. The van der Waals surface area contributed by atoms with E-state index in [9.17, 15) is 4.79 Å². The third-order valence-corrected chi connectivity index (χ3v) is 2.96. The van der Waals surface area contributed by atoms with Crippen LogP contribution in [0.3, 0.4) is 0 Å². The molecule has 0 N–H and O–H groups in total. The summed E-state index contributed by atoms with van der Waals surface area (Å²) in [5.41, 5.74) is 0.967. The summed E-state index contributed by atoms with van der Waals surface area (Å²) in [7, 11) is 0. The predicted molar refractivity (Wildman–Crippen MR) is 68.8 cm³/mol. The van der Waals surface area contributed by atoms with E-state index < -0.39 is 0 Å². The summed E-state index contributed by atoms with van der Waals surface area (Å²) >= 11 is 3.41. The molecule has 0 fully saturated rings. The highest BCUT2D eigenvalue weighted by molar-refractivity contribution is 9.10. The van der Waals surface area contributed by atoms with Crippen LogP contribution < -0.4 is 5.56 Å². The lowest BCUT2D eigenvalue weighted by Crippen LogP contribution is -2.19. The van der Waals surface area contributed by atoms with Crippen LogP contribution in [0.25, 0.3) is 5.52 Å². The standard InChI is InChI=1S/C12H13BrN2O/c1-2-3-4-7-14-12(16)8-11-6-5-10(13)9-15(11)14/h2,5-6,8-9H,1,3-4,7H2. The number of nitrogens with zero attached hydrogens (tertiary/aromatic N) is 2. The highest BCUT2D eigenvalue weighted by Crippen LogP contribution is 2.11. The van der Waals surface area contributed by atoms with E-state index in [-0.39, 0.29) is 5.56 Å². The van der Waals surface area contributed by atoms with Crippen LogP contribution in [0.1, 0.15) is 12.8 Å². The van der Waals surface area contributed by atoms with Gasteiger partial charge in [0.25, 0.3) is 5.56 Å². The van der Waals surface area contributed by atoms with Gasteiger partial charge in [0.15, 0.2) is 0 Å². The molecule has 0 saturated carbocycles. The minimum absolute atomic E-state index is 0.0437. The van der Waals surface area contributed by atoms with Gasteiger partial charge in [-0.15, -0.1) is 6.58 Å². The number of halogens is 1. The third kappa shape index (κ3) is 2.11. The SMILES string of the molecule is C=CCCCn1c(=O)cc2ccc(Br)cn21. The molecule has 2 aromatic heterocycles. The number of rotatable bonds is 4. The largest absolute Gasteiger partial charge is 0.268 e. The molecule has 0 unspecified atom stereocenters. The van der Waals surface area contributed by atoms with E-state index in [1.807, 2.05) is 28.9 Å². The summed E-state index contributed by atoms with van der Waals surface area (Å²) in [6, 6.07) is 5.51. The number of aromatic nitrogens is 2. The van der Waals surface area contributed by atoms with Gasteiger partial charge in [-0.05, 0) is 40.9 Å². The van der Waals surface area contributed by atoms with E-state index in [4.69, 9.17) is 0 Å². The van der Waals surface area contributed by atoms with Crippen molar-refractivity contribution in [3.05, 3.63) is 51.9 Å². The first-order chi connectivity index (χ1) is 7.72. The molecule has 84 valence electrons. The monoisotopic (exact) mass is 280 g/mol. The van der Waals surface area contributed by atoms with Crippen LogP contribution in [0.5, 0.6) is 0 Å². The van der Waals surface area contributed by atoms with Gasteiger partial charge in [-0.3, -0.25) is 9.31 Å². The maximum Gasteiger partial charge on any atom is 0.267 e. The quantitative estimate of drug-likeness (QED) is 0.625. The van der Waals surface area contributed by atoms with Crippen LogP contribution in [0.15, 0.2) is 46.3 Å². The molecule has 0 aliphatic carbocycles. The molecule has 0 bridgehead atoms. The topological polar surface area (TPSA) is 26.4 Å². The van der Waals surface area contributed by atoms with Crippen molar-refractivity contribution < 1.29 is 0 Å². The average molecular weight is 281 g/mol. The summed E-state index contributed by atoms with van der Waals surface area (Å²) in [4.78, 5) is 11.7. The van der Waals surface area contributed by atoms with E-state index >= 15 is 0 Å². The number of unbranched alkanes of at least 4 members (excludes halogenated alkanes) is 1. The van der Waals surface area contributed by atoms with E-state index in [1.54, 1.807) is 10.7 Å². The molecule has 0 aromatic carbocycles. The Morgan fingerprint density at radius 3 is 3.00 bits per heavy atom. The first-order valence-electron chi connectivity index (χ1n) is 5.21. The first kappa shape index (κ1) is 11.2. The van der Waals surface area contributed by atoms with Crippen LogP contribution in [-0.2, 0) is 6.54 Å². The lowest BCUT2D eigenvalue weighted by atomic mass is 10.3. The zero-order valence-corrected chi connectivity index (χ0v) is 10.5. The smallest absolute Gasteiger partial charge is 0.267 e. The molecule has 0 spiro atoms. The Balaban J connectivity index is 2.42. The fraction of sp³-hybridized carbons (Fsp3) is 0.250.